The van der Waals surface area contributed by atoms with Gasteiger partial charge in [-0.2, -0.15) is 13.2 Å². The minimum absolute atomic E-state index is 0.181. The van der Waals surface area contributed by atoms with Crippen molar-refractivity contribution in [3.05, 3.63) is 82.7 Å². The van der Waals surface area contributed by atoms with Gasteiger partial charge in [0.15, 0.2) is 0 Å². The zero-order valence-electron chi connectivity index (χ0n) is 22.5. The Kier molecular flexibility index (Phi) is 10.1. The van der Waals surface area contributed by atoms with Crippen molar-refractivity contribution >= 4 is 0 Å². The lowest BCUT2D eigenvalue weighted by Gasteiger charge is -2.29. The molecular weight excluding hydrogens is 484 g/mol. The Balaban J connectivity index is 1.26. The zero-order valence-corrected chi connectivity index (χ0v) is 22.5. The normalized spacial score (nSPS) is 24.5. The number of alkyl halides is 3. The first-order valence-electron chi connectivity index (χ1n) is 14.5. The highest BCUT2D eigenvalue weighted by atomic mass is 19.4. The highest BCUT2D eigenvalue weighted by molar-refractivity contribution is 5.44. The predicted molar refractivity (Wildman–Crippen MR) is 148 cm³/mol. The van der Waals surface area contributed by atoms with Gasteiger partial charge in [-0.25, -0.2) is 4.39 Å². The third kappa shape index (κ3) is 8.48. The molecule has 2 aromatic carbocycles. The van der Waals surface area contributed by atoms with E-state index in [4.69, 9.17) is 0 Å². The van der Waals surface area contributed by atoms with Gasteiger partial charge in [0.2, 0.25) is 0 Å². The topological polar surface area (TPSA) is 0 Å². The molecule has 2 saturated carbocycles. The van der Waals surface area contributed by atoms with Crippen LogP contribution in [0.15, 0.2) is 60.4 Å². The molecule has 4 heteroatoms. The Morgan fingerprint density at radius 1 is 0.737 bits per heavy atom. The third-order valence-corrected chi connectivity index (χ3v) is 8.60. The van der Waals surface area contributed by atoms with Crippen LogP contribution in [0.3, 0.4) is 0 Å². The maximum atomic E-state index is 13.9. The quantitative estimate of drug-likeness (QED) is 0.192. The maximum absolute atomic E-state index is 13.9. The number of hydrogen-bond donors (Lipinski definition) is 0. The van der Waals surface area contributed by atoms with Gasteiger partial charge < -0.3 is 0 Å². The largest absolute Gasteiger partial charge is 0.412 e. The van der Waals surface area contributed by atoms with E-state index in [1.807, 2.05) is 12.1 Å². The van der Waals surface area contributed by atoms with Crippen LogP contribution in [0, 0.1) is 23.7 Å². The van der Waals surface area contributed by atoms with Crippen LogP contribution in [0.5, 0.6) is 0 Å². The van der Waals surface area contributed by atoms with Crippen molar-refractivity contribution in [2.45, 2.75) is 102 Å². The van der Waals surface area contributed by atoms with Crippen molar-refractivity contribution in [3.8, 4) is 11.8 Å². The Labute approximate surface area is 225 Å². The minimum Gasteiger partial charge on any atom is -0.212 e. The lowest BCUT2D eigenvalue weighted by molar-refractivity contribution is -0.0820. The Morgan fingerprint density at radius 2 is 1.21 bits per heavy atom. The number of unbranched alkanes of at least 4 members (excludes halogenated alkanes) is 2. The summed E-state index contributed by atoms with van der Waals surface area (Å²) in [6.07, 6.45) is 8.29. The predicted octanol–water partition coefficient (Wildman–Crippen LogP) is 10.6. The van der Waals surface area contributed by atoms with Crippen molar-refractivity contribution in [2.75, 3.05) is 0 Å². The molecule has 0 spiro atoms. The van der Waals surface area contributed by atoms with E-state index in [-0.39, 0.29) is 12.0 Å². The van der Waals surface area contributed by atoms with Gasteiger partial charge in [0.25, 0.3) is 0 Å². The summed E-state index contributed by atoms with van der Waals surface area (Å²) in [6.45, 7) is 2.27. The van der Waals surface area contributed by atoms with Crippen molar-refractivity contribution in [1.82, 2.24) is 0 Å². The van der Waals surface area contributed by atoms with Gasteiger partial charge in [0, 0.05) is 17.0 Å². The molecule has 0 saturated heterocycles. The van der Waals surface area contributed by atoms with Gasteiger partial charge in [-0.3, -0.25) is 0 Å². The lowest BCUT2D eigenvalue weighted by Crippen LogP contribution is -2.15. The number of benzene rings is 2. The molecule has 38 heavy (non-hydrogen) atoms. The monoisotopic (exact) mass is 524 g/mol. The molecule has 2 aliphatic rings. The van der Waals surface area contributed by atoms with E-state index in [2.05, 4.69) is 55.2 Å². The zero-order chi connectivity index (χ0) is 27.0. The van der Waals surface area contributed by atoms with Gasteiger partial charge in [-0.05, 0) is 105 Å². The van der Waals surface area contributed by atoms with Gasteiger partial charge in [0.1, 0.15) is 5.83 Å². The van der Waals surface area contributed by atoms with Crippen molar-refractivity contribution < 1.29 is 17.6 Å². The van der Waals surface area contributed by atoms with Crippen LogP contribution in [0.2, 0.25) is 0 Å². The van der Waals surface area contributed by atoms with Crippen LogP contribution in [-0.2, 0) is 0 Å². The smallest absolute Gasteiger partial charge is 0.212 e. The number of halogens is 4. The molecule has 2 fully saturated rings. The van der Waals surface area contributed by atoms with Gasteiger partial charge in [-0.15, -0.1) is 0 Å². The summed E-state index contributed by atoms with van der Waals surface area (Å²) in [7, 11) is 0. The molecule has 0 aliphatic heterocycles. The van der Waals surface area contributed by atoms with Crippen molar-refractivity contribution in [2.24, 2.45) is 11.8 Å². The molecular formula is C34H40F4. The number of allylic oxidation sites excluding steroid dienone is 2. The van der Waals surface area contributed by atoms with Gasteiger partial charge in [-0.1, -0.05) is 68.7 Å². The summed E-state index contributed by atoms with van der Waals surface area (Å²) >= 11 is 0. The highest BCUT2D eigenvalue weighted by Crippen LogP contribution is 2.40. The Bertz CT molecular complexity index is 1080. The fourth-order valence-corrected chi connectivity index (χ4v) is 6.27. The second-order valence-corrected chi connectivity index (χ2v) is 11.3. The summed E-state index contributed by atoms with van der Waals surface area (Å²) in [5.74, 6) is 6.74. The van der Waals surface area contributed by atoms with E-state index < -0.39 is 17.9 Å². The van der Waals surface area contributed by atoms with Gasteiger partial charge >= 0.3 is 6.18 Å². The molecule has 0 amide bonds. The molecule has 0 radical (unpaired) electrons. The van der Waals surface area contributed by atoms with Crippen molar-refractivity contribution in [3.63, 3.8) is 0 Å². The molecule has 2 aliphatic carbocycles. The van der Waals surface area contributed by atoms with Crippen LogP contribution < -0.4 is 0 Å². The third-order valence-electron chi connectivity index (χ3n) is 8.60. The summed E-state index contributed by atoms with van der Waals surface area (Å²) in [5, 5.41) is 0. The first-order chi connectivity index (χ1) is 18.3. The van der Waals surface area contributed by atoms with E-state index in [1.165, 1.54) is 56.9 Å². The number of hydrogen-bond acceptors (Lipinski definition) is 0. The number of rotatable bonds is 7. The van der Waals surface area contributed by atoms with E-state index in [0.717, 1.165) is 22.6 Å². The second-order valence-electron chi connectivity index (χ2n) is 11.3. The second kappa shape index (κ2) is 13.5. The first kappa shape index (κ1) is 28.5. The molecule has 0 atom stereocenters. The van der Waals surface area contributed by atoms with Gasteiger partial charge in [0.05, 0.1) is 6.08 Å². The molecule has 204 valence electrons. The van der Waals surface area contributed by atoms with Crippen LogP contribution in [0.4, 0.5) is 17.6 Å². The lowest BCUT2D eigenvalue weighted by atomic mass is 9.77. The van der Waals surface area contributed by atoms with Crippen LogP contribution in [0.1, 0.15) is 118 Å². The Hall–Kier alpha value is -2.54. The SMILES string of the molecule is CCCCCC1CCC(c2ccc(C#Cc3ccc(C4CCC(/C(F)=C/C(F)(F)F)CC4)cc3)cc2)CC1. The van der Waals surface area contributed by atoms with E-state index in [9.17, 15) is 17.6 Å². The van der Waals surface area contributed by atoms with Crippen molar-refractivity contribution in [1.29, 1.82) is 0 Å². The summed E-state index contributed by atoms with van der Waals surface area (Å²) in [5.41, 5.74) is 4.54. The fourth-order valence-electron chi connectivity index (χ4n) is 6.27. The van der Waals surface area contributed by atoms with Crippen LogP contribution in [-0.4, -0.2) is 6.18 Å². The average molecular weight is 525 g/mol. The van der Waals surface area contributed by atoms with E-state index in [1.54, 1.807) is 0 Å². The molecule has 2 aromatic rings. The summed E-state index contributed by atoms with van der Waals surface area (Å²) in [4.78, 5) is 0. The molecule has 0 heterocycles. The first-order valence-corrected chi connectivity index (χ1v) is 14.5. The molecule has 0 aromatic heterocycles. The van der Waals surface area contributed by atoms with Crippen LogP contribution >= 0.6 is 0 Å². The molecule has 0 N–H and O–H groups in total. The standard InChI is InChI=1S/C34H40F4/c1-2-3-4-5-25-8-14-28(15-9-25)29-16-10-26(11-17-29)6-7-27-12-18-30(19-13-27)31-20-22-32(23-21-31)33(35)24-34(36,37)38/h10-13,16-19,24-25,28,31-32H,2-5,8-9,14-15,20-23H2,1H3/b33-24-. The average Bonchev–Trinajstić information content (AvgIpc) is 2.92. The van der Waals surface area contributed by atoms with E-state index in [0.29, 0.717) is 31.6 Å². The van der Waals surface area contributed by atoms with E-state index >= 15 is 0 Å². The minimum atomic E-state index is -4.59. The molecule has 0 unspecified atom stereocenters. The maximum Gasteiger partial charge on any atom is 0.412 e. The molecule has 4 rings (SSSR count). The molecule has 0 bridgehead atoms. The Morgan fingerprint density at radius 3 is 1.66 bits per heavy atom. The highest BCUT2D eigenvalue weighted by Gasteiger charge is 2.30. The summed E-state index contributed by atoms with van der Waals surface area (Å²) < 4.78 is 51.2. The fraction of sp³-hybridized carbons (Fsp3) is 0.529. The summed E-state index contributed by atoms with van der Waals surface area (Å²) in [6, 6.07) is 16.9. The molecule has 0 nitrogen and oxygen atoms in total. The van der Waals surface area contributed by atoms with Crippen LogP contribution in [0.25, 0.3) is 0 Å².